The quantitative estimate of drug-likeness (QED) is 0.732. The van der Waals surface area contributed by atoms with E-state index in [4.69, 9.17) is 47.0 Å². The molecular weight excluding hydrogens is 359 g/mol. The molecule has 0 atom stereocenters. The first-order valence-electron chi connectivity index (χ1n) is 6.74. The molecule has 22 heavy (non-hydrogen) atoms. The summed E-state index contributed by atoms with van der Waals surface area (Å²) >= 11 is 23.0. The van der Waals surface area contributed by atoms with Crippen molar-refractivity contribution in [3.05, 3.63) is 68.7 Å². The minimum absolute atomic E-state index is 0.544. The van der Waals surface area contributed by atoms with Crippen molar-refractivity contribution in [3.8, 4) is 0 Å². The van der Waals surface area contributed by atoms with E-state index in [9.17, 15) is 0 Å². The van der Waals surface area contributed by atoms with Gasteiger partial charge in [-0.25, -0.2) is 0 Å². The van der Waals surface area contributed by atoms with Gasteiger partial charge in [0.1, 0.15) is 0 Å². The van der Waals surface area contributed by atoms with Crippen molar-refractivity contribution in [2.45, 2.75) is 13.0 Å². The molecule has 0 unspecified atom stereocenters. The van der Waals surface area contributed by atoms with Gasteiger partial charge < -0.3 is 10.6 Å². The van der Waals surface area contributed by atoms with Crippen LogP contribution in [0.5, 0.6) is 0 Å². The Hall–Kier alpha value is -1.000. The molecule has 2 aromatic carbocycles. The Morgan fingerprint density at radius 2 is 1.55 bits per heavy atom. The maximum absolute atomic E-state index is 5.97. The first kappa shape index (κ1) is 17.4. The van der Waals surface area contributed by atoms with Gasteiger partial charge in [-0.2, -0.15) is 0 Å². The van der Waals surface area contributed by atoms with Crippen molar-refractivity contribution in [1.29, 1.82) is 0 Å². The van der Waals surface area contributed by atoms with E-state index in [0.717, 1.165) is 23.6 Å². The largest absolute Gasteiger partial charge is 0.362 e. The number of nitrogens with one attached hydrogen (secondary N) is 2. The molecule has 0 amide bonds. The van der Waals surface area contributed by atoms with Crippen LogP contribution in [-0.2, 0) is 13.0 Å². The third-order valence-corrected chi connectivity index (χ3v) is 4.33. The topological polar surface area (TPSA) is 24.1 Å². The van der Waals surface area contributed by atoms with Crippen LogP contribution >= 0.6 is 47.0 Å². The van der Waals surface area contributed by atoms with E-state index >= 15 is 0 Å². The number of hydrogen-bond acceptors (Lipinski definition) is 1. The molecule has 0 heterocycles. The lowest BCUT2D eigenvalue weighted by Crippen LogP contribution is -2.35. The Labute approximate surface area is 150 Å². The van der Waals surface area contributed by atoms with Crippen LogP contribution in [0.1, 0.15) is 11.1 Å². The molecule has 2 aromatic rings. The molecular formula is C16H15Cl3N2S. The smallest absolute Gasteiger partial charge is 0.166 e. The standard InChI is InChI=1S/C16H15Cl3N2S/c17-13-4-1-11(2-5-13)7-8-20-16(22)21-10-12-3-6-14(18)15(19)9-12/h1-6,9H,7-8,10H2,(H2,20,21,22). The van der Waals surface area contributed by atoms with E-state index in [1.165, 1.54) is 5.56 Å². The van der Waals surface area contributed by atoms with E-state index in [1.54, 1.807) is 6.07 Å². The third-order valence-electron chi connectivity index (χ3n) is 3.05. The van der Waals surface area contributed by atoms with Crippen LogP contribution in [-0.4, -0.2) is 11.7 Å². The molecule has 0 radical (unpaired) electrons. The summed E-state index contributed by atoms with van der Waals surface area (Å²) in [5.74, 6) is 0. The normalized spacial score (nSPS) is 10.3. The van der Waals surface area contributed by atoms with Gasteiger partial charge in [0.15, 0.2) is 5.11 Å². The van der Waals surface area contributed by atoms with Crippen LogP contribution in [0.25, 0.3) is 0 Å². The fourth-order valence-corrected chi connectivity index (χ4v) is 2.49. The Kier molecular flexibility index (Phi) is 6.77. The highest BCUT2D eigenvalue weighted by atomic mass is 35.5. The van der Waals surface area contributed by atoms with Gasteiger partial charge in [0.05, 0.1) is 10.0 Å². The monoisotopic (exact) mass is 372 g/mol. The second-order valence-corrected chi connectivity index (χ2v) is 6.39. The lowest BCUT2D eigenvalue weighted by atomic mass is 10.1. The van der Waals surface area contributed by atoms with Crippen molar-refractivity contribution in [1.82, 2.24) is 10.6 Å². The minimum Gasteiger partial charge on any atom is -0.362 e. The number of benzene rings is 2. The molecule has 0 fully saturated rings. The van der Waals surface area contributed by atoms with Crippen LogP contribution in [0.2, 0.25) is 15.1 Å². The molecule has 116 valence electrons. The van der Waals surface area contributed by atoms with Gasteiger partial charge in [0.2, 0.25) is 0 Å². The lowest BCUT2D eigenvalue weighted by Gasteiger charge is -2.11. The maximum Gasteiger partial charge on any atom is 0.166 e. The molecule has 6 heteroatoms. The van der Waals surface area contributed by atoms with E-state index in [1.807, 2.05) is 36.4 Å². The third kappa shape index (κ3) is 5.65. The van der Waals surface area contributed by atoms with Gasteiger partial charge in [-0.05, 0) is 54.0 Å². The molecule has 2 nitrogen and oxygen atoms in total. The van der Waals surface area contributed by atoms with Gasteiger partial charge in [-0.1, -0.05) is 53.0 Å². The van der Waals surface area contributed by atoms with Crippen LogP contribution in [0.15, 0.2) is 42.5 Å². The predicted octanol–water partition coefficient (Wildman–Crippen LogP) is 4.85. The highest BCUT2D eigenvalue weighted by Gasteiger charge is 2.01. The molecule has 0 aliphatic carbocycles. The Morgan fingerprint density at radius 1 is 0.864 bits per heavy atom. The number of hydrogen-bond donors (Lipinski definition) is 2. The molecule has 2 N–H and O–H groups in total. The average Bonchev–Trinajstić information content (AvgIpc) is 2.50. The summed E-state index contributed by atoms with van der Waals surface area (Å²) < 4.78 is 0. The van der Waals surface area contributed by atoms with Crippen LogP contribution in [0.3, 0.4) is 0 Å². The average molecular weight is 374 g/mol. The van der Waals surface area contributed by atoms with Crippen molar-refractivity contribution in [3.63, 3.8) is 0 Å². The van der Waals surface area contributed by atoms with E-state index in [-0.39, 0.29) is 0 Å². The fourth-order valence-electron chi connectivity index (χ4n) is 1.87. The fraction of sp³-hybridized carbons (Fsp3) is 0.188. The zero-order valence-corrected chi connectivity index (χ0v) is 14.8. The van der Waals surface area contributed by atoms with Crippen LogP contribution < -0.4 is 10.6 Å². The van der Waals surface area contributed by atoms with Crippen LogP contribution in [0, 0.1) is 0 Å². The Balaban J connectivity index is 1.71. The lowest BCUT2D eigenvalue weighted by molar-refractivity contribution is 0.815. The summed E-state index contributed by atoms with van der Waals surface area (Å²) in [6.45, 7) is 1.36. The van der Waals surface area contributed by atoms with Gasteiger partial charge in [-0.3, -0.25) is 0 Å². The van der Waals surface area contributed by atoms with Crippen LogP contribution in [0.4, 0.5) is 0 Å². The van der Waals surface area contributed by atoms with Gasteiger partial charge in [0.25, 0.3) is 0 Å². The maximum atomic E-state index is 5.97. The summed E-state index contributed by atoms with van der Waals surface area (Å²) in [6, 6.07) is 13.3. The summed E-state index contributed by atoms with van der Waals surface area (Å²) in [4.78, 5) is 0. The molecule has 0 aliphatic rings. The molecule has 2 rings (SSSR count). The van der Waals surface area contributed by atoms with E-state index in [0.29, 0.717) is 21.7 Å². The zero-order valence-electron chi connectivity index (χ0n) is 11.7. The summed E-state index contributed by atoms with van der Waals surface area (Å²) in [6.07, 6.45) is 0.881. The summed E-state index contributed by atoms with van der Waals surface area (Å²) in [7, 11) is 0. The highest BCUT2D eigenvalue weighted by molar-refractivity contribution is 7.80. The first-order valence-corrected chi connectivity index (χ1v) is 8.29. The Morgan fingerprint density at radius 3 is 2.23 bits per heavy atom. The highest BCUT2D eigenvalue weighted by Crippen LogP contribution is 2.22. The van der Waals surface area contributed by atoms with Crippen molar-refractivity contribution in [2.75, 3.05) is 6.54 Å². The minimum atomic E-state index is 0.544. The molecule has 0 aliphatic heterocycles. The summed E-state index contributed by atoms with van der Waals surface area (Å²) in [5.41, 5.74) is 2.24. The molecule has 0 spiro atoms. The van der Waals surface area contributed by atoms with Gasteiger partial charge in [0, 0.05) is 18.1 Å². The SMILES string of the molecule is S=C(NCCc1ccc(Cl)cc1)NCc1ccc(Cl)c(Cl)c1. The van der Waals surface area contributed by atoms with E-state index in [2.05, 4.69) is 10.6 Å². The number of rotatable bonds is 5. The van der Waals surface area contributed by atoms with Crippen molar-refractivity contribution in [2.24, 2.45) is 0 Å². The van der Waals surface area contributed by atoms with Crippen molar-refractivity contribution >= 4 is 52.1 Å². The molecule has 0 aromatic heterocycles. The second-order valence-electron chi connectivity index (χ2n) is 4.73. The number of thiocarbonyl (C=S) groups is 1. The predicted molar refractivity (Wildman–Crippen MR) is 99.1 cm³/mol. The van der Waals surface area contributed by atoms with Crippen molar-refractivity contribution < 1.29 is 0 Å². The number of halogens is 3. The van der Waals surface area contributed by atoms with Gasteiger partial charge in [-0.15, -0.1) is 0 Å². The Bertz CT molecular complexity index is 644. The zero-order chi connectivity index (χ0) is 15.9. The van der Waals surface area contributed by atoms with Gasteiger partial charge >= 0.3 is 0 Å². The molecule has 0 saturated carbocycles. The first-order chi connectivity index (χ1) is 10.5. The second kappa shape index (κ2) is 8.59. The van der Waals surface area contributed by atoms with E-state index < -0.39 is 0 Å². The molecule has 0 saturated heterocycles. The summed E-state index contributed by atoms with van der Waals surface area (Å²) in [5, 5.41) is 8.76. The molecule has 0 bridgehead atoms.